The van der Waals surface area contributed by atoms with Crippen LogP contribution in [0.25, 0.3) is 11.0 Å². The molecule has 2 saturated carbocycles. The first-order valence-corrected chi connectivity index (χ1v) is 12.1. The number of aliphatic hydroxyl groups excluding tert-OH is 2. The fraction of sp³-hybridized carbons (Fsp3) is 0.720. The Hall–Kier alpha value is -1.63. The molecule has 1 aromatic heterocycles. The molecule has 3 aliphatic rings. The molecule has 1 saturated heterocycles. The molecule has 2 aliphatic carbocycles. The van der Waals surface area contributed by atoms with Gasteiger partial charge in [-0.05, 0) is 67.4 Å². The summed E-state index contributed by atoms with van der Waals surface area (Å²) in [6.07, 6.45) is 5.32. The van der Waals surface area contributed by atoms with E-state index < -0.39 is 6.10 Å². The fourth-order valence-corrected chi connectivity index (χ4v) is 7.02. The monoisotopic (exact) mass is 427 g/mol. The predicted octanol–water partition coefficient (Wildman–Crippen LogP) is 2.87. The molecular formula is C25H37N3O3. The van der Waals surface area contributed by atoms with E-state index in [4.69, 9.17) is 0 Å². The number of benzene rings is 1. The third kappa shape index (κ3) is 3.57. The molecule has 2 aromatic rings. The maximum Gasteiger partial charge on any atom is 0.329 e. The molecule has 2 N–H and O–H groups in total. The number of likely N-dealkylation sites (tertiary alicyclic amines) is 1. The molecule has 31 heavy (non-hydrogen) atoms. The van der Waals surface area contributed by atoms with E-state index in [1.807, 2.05) is 28.8 Å². The van der Waals surface area contributed by atoms with Gasteiger partial charge in [0.1, 0.15) is 0 Å². The minimum atomic E-state index is -0.927. The van der Waals surface area contributed by atoms with Gasteiger partial charge >= 0.3 is 5.69 Å². The van der Waals surface area contributed by atoms with Crippen LogP contribution >= 0.6 is 0 Å². The Morgan fingerprint density at radius 3 is 2.45 bits per heavy atom. The average Bonchev–Trinajstić information content (AvgIpc) is 3.42. The van der Waals surface area contributed by atoms with Gasteiger partial charge < -0.3 is 15.1 Å². The van der Waals surface area contributed by atoms with E-state index in [9.17, 15) is 15.0 Å². The van der Waals surface area contributed by atoms with Crippen LogP contribution in [-0.4, -0.2) is 56.6 Å². The van der Waals surface area contributed by atoms with Gasteiger partial charge in [-0.1, -0.05) is 26.0 Å². The summed E-state index contributed by atoms with van der Waals surface area (Å²) in [5.74, 6) is 2.64. The van der Waals surface area contributed by atoms with E-state index in [-0.39, 0.29) is 24.9 Å². The minimum absolute atomic E-state index is 0.0682. The second-order valence-electron chi connectivity index (χ2n) is 10.8. The number of piperidine rings is 1. The second-order valence-corrected chi connectivity index (χ2v) is 10.8. The number of aliphatic hydroxyl groups is 2. The number of aromatic nitrogens is 2. The van der Waals surface area contributed by atoms with Crippen molar-refractivity contribution in [3.05, 3.63) is 34.7 Å². The molecule has 5 rings (SSSR count). The largest absolute Gasteiger partial charge is 0.394 e. The summed E-state index contributed by atoms with van der Waals surface area (Å²) in [7, 11) is 0. The summed E-state index contributed by atoms with van der Waals surface area (Å²) in [6, 6.07) is 8.02. The molecule has 170 valence electrons. The Morgan fingerprint density at radius 1 is 1.10 bits per heavy atom. The van der Waals surface area contributed by atoms with E-state index in [1.54, 1.807) is 4.57 Å². The molecule has 0 amide bonds. The van der Waals surface area contributed by atoms with Crippen molar-refractivity contribution < 1.29 is 10.2 Å². The van der Waals surface area contributed by atoms with E-state index in [0.717, 1.165) is 54.7 Å². The maximum absolute atomic E-state index is 13.3. The minimum Gasteiger partial charge on any atom is -0.394 e. The number of hydrogen-bond acceptors (Lipinski definition) is 4. The van der Waals surface area contributed by atoms with Crippen molar-refractivity contribution in [2.24, 2.45) is 23.2 Å². The molecule has 3 fully saturated rings. The molecular weight excluding hydrogens is 390 g/mol. The van der Waals surface area contributed by atoms with Crippen LogP contribution in [0.5, 0.6) is 0 Å². The third-order valence-corrected chi connectivity index (χ3v) is 8.90. The van der Waals surface area contributed by atoms with Gasteiger partial charge in [-0.15, -0.1) is 0 Å². The topological polar surface area (TPSA) is 70.6 Å². The summed E-state index contributed by atoms with van der Waals surface area (Å²) in [5.41, 5.74) is 2.18. The SMILES string of the molecule is CC1(C)[C@@H]2CC[C@@H](C2)[C@@H]1CN1CCC(n2c(=O)n(C[C@H](O)CO)c3ccccc32)CC1. The Bertz CT molecular complexity index is 986. The number of nitrogens with zero attached hydrogens (tertiary/aromatic N) is 3. The van der Waals surface area contributed by atoms with Crippen LogP contribution in [0.1, 0.15) is 52.0 Å². The summed E-state index contributed by atoms with van der Waals surface area (Å²) >= 11 is 0. The molecule has 6 heteroatoms. The molecule has 0 unspecified atom stereocenters. The van der Waals surface area contributed by atoms with Crippen LogP contribution in [0, 0.1) is 23.2 Å². The lowest BCUT2D eigenvalue weighted by Gasteiger charge is -2.42. The van der Waals surface area contributed by atoms with E-state index in [1.165, 1.54) is 25.8 Å². The van der Waals surface area contributed by atoms with Crippen LogP contribution in [0.15, 0.2) is 29.1 Å². The van der Waals surface area contributed by atoms with Gasteiger partial charge in [-0.2, -0.15) is 0 Å². The lowest BCUT2D eigenvalue weighted by atomic mass is 9.68. The van der Waals surface area contributed by atoms with E-state index in [2.05, 4.69) is 18.7 Å². The highest BCUT2D eigenvalue weighted by molar-refractivity contribution is 5.76. The van der Waals surface area contributed by atoms with E-state index >= 15 is 0 Å². The lowest BCUT2D eigenvalue weighted by Crippen LogP contribution is -2.44. The maximum atomic E-state index is 13.3. The van der Waals surface area contributed by atoms with Gasteiger partial charge in [0, 0.05) is 25.7 Å². The van der Waals surface area contributed by atoms with Crippen molar-refractivity contribution in [3.8, 4) is 0 Å². The Morgan fingerprint density at radius 2 is 1.81 bits per heavy atom. The van der Waals surface area contributed by atoms with Crippen LogP contribution in [0.2, 0.25) is 0 Å². The van der Waals surface area contributed by atoms with Gasteiger partial charge in [0.2, 0.25) is 0 Å². The first kappa shape index (κ1) is 21.2. The zero-order valence-corrected chi connectivity index (χ0v) is 18.9. The zero-order chi connectivity index (χ0) is 21.8. The molecule has 0 radical (unpaired) electrons. The highest BCUT2D eigenvalue weighted by Gasteiger charge is 2.52. The first-order valence-electron chi connectivity index (χ1n) is 12.1. The quantitative estimate of drug-likeness (QED) is 0.744. The van der Waals surface area contributed by atoms with Crippen LogP contribution < -0.4 is 5.69 Å². The first-order chi connectivity index (χ1) is 14.9. The molecule has 4 atom stereocenters. The summed E-state index contributed by atoms with van der Waals surface area (Å²) in [4.78, 5) is 15.9. The summed E-state index contributed by atoms with van der Waals surface area (Å²) in [6.45, 7) is 8.05. The van der Waals surface area contributed by atoms with Gasteiger partial charge in [0.05, 0.1) is 30.3 Å². The third-order valence-electron chi connectivity index (χ3n) is 8.90. The number of imidazole rings is 1. The van der Waals surface area contributed by atoms with Crippen molar-refractivity contribution in [2.75, 3.05) is 26.2 Å². The van der Waals surface area contributed by atoms with Gasteiger partial charge in [-0.3, -0.25) is 9.13 Å². The van der Waals surface area contributed by atoms with Crippen molar-refractivity contribution >= 4 is 11.0 Å². The molecule has 2 bridgehead atoms. The standard InChI is InChI=1S/C25H37N3O3/c1-25(2)18-8-7-17(13-18)21(25)15-26-11-9-19(10-12-26)28-23-6-4-3-5-22(23)27(24(28)31)14-20(30)16-29/h3-6,17-21,29-30H,7-16H2,1-2H3/t17-,18+,20-,21-/m0/s1. The average molecular weight is 428 g/mol. The smallest absolute Gasteiger partial charge is 0.329 e. The molecule has 1 aromatic carbocycles. The predicted molar refractivity (Wildman–Crippen MR) is 122 cm³/mol. The molecule has 2 heterocycles. The Balaban J connectivity index is 1.32. The highest BCUT2D eigenvalue weighted by atomic mass is 16.3. The molecule has 1 aliphatic heterocycles. The zero-order valence-electron chi connectivity index (χ0n) is 18.9. The van der Waals surface area contributed by atoms with Gasteiger partial charge in [-0.25, -0.2) is 4.79 Å². The van der Waals surface area contributed by atoms with Crippen LogP contribution in [-0.2, 0) is 6.54 Å². The Labute approximate surface area is 184 Å². The fourth-order valence-electron chi connectivity index (χ4n) is 7.02. The summed E-state index contributed by atoms with van der Waals surface area (Å²) < 4.78 is 3.57. The number of para-hydroxylation sites is 2. The second kappa shape index (κ2) is 8.05. The molecule has 0 spiro atoms. The van der Waals surface area contributed by atoms with Crippen molar-refractivity contribution in [3.63, 3.8) is 0 Å². The number of fused-ring (bicyclic) bond motifs is 3. The van der Waals surface area contributed by atoms with Crippen LogP contribution in [0.4, 0.5) is 0 Å². The van der Waals surface area contributed by atoms with Gasteiger partial charge in [0.15, 0.2) is 0 Å². The lowest BCUT2D eigenvalue weighted by molar-refractivity contribution is 0.0643. The van der Waals surface area contributed by atoms with Crippen molar-refractivity contribution in [1.82, 2.24) is 14.0 Å². The van der Waals surface area contributed by atoms with Crippen molar-refractivity contribution in [1.29, 1.82) is 0 Å². The number of rotatable bonds is 6. The summed E-state index contributed by atoms with van der Waals surface area (Å²) in [5, 5.41) is 19.2. The van der Waals surface area contributed by atoms with Crippen molar-refractivity contribution in [2.45, 2.75) is 64.6 Å². The number of hydrogen-bond donors (Lipinski definition) is 2. The Kier molecular flexibility index (Phi) is 5.51. The normalized spacial score (nSPS) is 29.7. The molecule has 6 nitrogen and oxygen atoms in total. The highest BCUT2D eigenvalue weighted by Crippen LogP contribution is 2.59. The van der Waals surface area contributed by atoms with Crippen LogP contribution in [0.3, 0.4) is 0 Å². The van der Waals surface area contributed by atoms with Gasteiger partial charge in [0.25, 0.3) is 0 Å². The van der Waals surface area contributed by atoms with E-state index in [0.29, 0.717) is 5.41 Å².